The molecule has 0 aliphatic carbocycles. The van der Waals surface area contributed by atoms with Gasteiger partial charge in [0.15, 0.2) is 0 Å². The maximum absolute atomic E-state index is 13.4. The lowest BCUT2D eigenvalue weighted by Crippen LogP contribution is -2.18. The van der Waals surface area contributed by atoms with Gasteiger partial charge in [-0.15, -0.1) is 0 Å². The van der Waals surface area contributed by atoms with Crippen molar-refractivity contribution in [1.29, 1.82) is 0 Å². The van der Waals surface area contributed by atoms with Crippen LogP contribution in [0, 0.1) is 5.82 Å². The molecule has 0 amide bonds. The molecule has 1 unspecified atom stereocenters. The number of hydrogen-bond donors (Lipinski definition) is 1. The molecule has 0 saturated carbocycles. The number of nitrogens with one attached hydrogen (secondary N) is 1. The Morgan fingerprint density at radius 2 is 2.25 bits per heavy atom. The molecule has 84 valence electrons. The molecular weight excluding hydrogens is 207 g/mol. The predicted octanol–water partition coefficient (Wildman–Crippen LogP) is 2.66. The van der Waals surface area contributed by atoms with Crippen molar-refractivity contribution >= 4 is 0 Å². The van der Waals surface area contributed by atoms with Crippen LogP contribution < -0.4 is 5.32 Å². The van der Waals surface area contributed by atoms with Crippen molar-refractivity contribution in [3.8, 4) is 0 Å². The van der Waals surface area contributed by atoms with Gasteiger partial charge in [-0.05, 0) is 13.0 Å². The molecule has 1 heterocycles. The topological polar surface area (TPSA) is 38.1 Å². The van der Waals surface area contributed by atoms with Gasteiger partial charge in [0.2, 0.25) is 0 Å². The summed E-state index contributed by atoms with van der Waals surface area (Å²) in [5.74, 6) is -0.187. The highest BCUT2D eigenvalue weighted by molar-refractivity contribution is 5.20. The Kier molecular flexibility index (Phi) is 3.31. The average molecular weight is 220 g/mol. The Hall–Kier alpha value is -1.68. The van der Waals surface area contributed by atoms with Crippen LogP contribution in [0.25, 0.3) is 0 Å². The second kappa shape index (κ2) is 4.90. The zero-order valence-electron chi connectivity index (χ0n) is 8.98. The maximum Gasteiger partial charge on any atom is 0.128 e. The molecule has 2 rings (SSSR count). The molecule has 4 heteroatoms. The van der Waals surface area contributed by atoms with E-state index in [9.17, 15) is 4.39 Å². The van der Waals surface area contributed by atoms with Gasteiger partial charge >= 0.3 is 0 Å². The second-order valence-electron chi connectivity index (χ2n) is 3.66. The van der Waals surface area contributed by atoms with Gasteiger partial charge in [-0.3, -0.25) is 0 Å². The average Bonchev–Trinajstić information content (AvgIpc) is 2.79. The number of halogens is 1. The minimum atomic E-state index is -0.187. The van der Waals surface area contributed by atoms with E-state index in [2.05, 4.69) is 10.5 Å². The van der Waals surface area contributed by atoms with Gasteiger partial charge in [-0.2, -0.15) is 0 Å². The molecule has 1 atom stereocenters. The summed E-state index contributed by atoms with van der Waals surface area (Å²) < 4.78 is 18.1. The summed E-state index contributed by atoms with van der Waals surface area (Å²) in [7, 11) is 0. The Balaban J connectivity index is 1.98. The lowest BCUT2D eigenvalue weighted by Gasteiger charge is -2.13. The van der Waals surface area contributed by atoms with Crippen LogP contribution in [-0.2, 0) is 6.54 Å². The third-order valence-corrected chi connectivity index (χ3v) is 2.47. The monoisotopic (exact) mass is 220 g/mol. The fourth-order valence-electron chi connectivity index (χ4n) is 1.52. The number of rotatable bonds is 4. The summed E-state index contributed by atoms with van der Waals surface area (Å²) in [5, 5.41) is 6.80. The van der Waals surface area contributed by atoms with E-state index >= 15 is 0 Å². The zero-order chi connectivity index (χ0) is 11.4. The van der Waals surface area contributed by atoms with Crippen molar-refractivity contribution in [2.75, 3.05) is 0 Å². The van der Waals surface area contributed by atoms with Gasteiger partial charge < -0.3 is 9.84 Å². The van der Waals surface area contributed by atoms with Crippen LogP contribution in [0.1, 0.15) is 24.1 Å². The minimum absolute atomic E-state index is 0.0453. The largest absolute Gasteiger partial charge is 0.364 e. The summed E-state index contributed by atoms with van der Waals surface area (Å²) in [5.41, 5.74) is 1.61. The molecular formula is C12H13FN2O. The Morgan fingerprint density at radius 3 is 2.94 bits per heavy atom. The van der Waals surface area contributed by atoms with Crippen LogP contribution in [0.4, 0.5) is 4.39 Å². The first-order valence-electron chi connectivity index (χ1n) is 5.13. The van der Waals surface area contributed by atoms with E-state index in [0.717, 1.165) is 5.56 Å². The summed E-state index contributed by atoms with van der Waals surface area (Å²) in [6.07, 6.45) is 3.21. The predicted molar refractivity (Wildman–Crippen MR) is 58.2 cm³/mol. The minimum Gasteiger partial charge on any atom is -0.364 e. The van der Waals surface area contributed by atoms with Crippen LogP contribution in [0.3, 0.4) is 0 Å². The number of benzene rings is 1. The second-order valence-corrected chi connectivity index (χ2v) is 3.66. The fraction of sp³-hybridized carbons (Fsp3) is 0.250. The highest BCUT2D eigenvalue weighted by Crippen LogP contribution is 2.16. The van der Waals surface area contributed by atoms with Gasteiger partial charge in [0.1, 0.15) is 12.1 Å². The van der Waals surface area contributed by atoms with E-state index in [1.807, 2.05) is 13.0 Å². The molecule has 16 heavy (non-hydrogen) atoms. The quantitative estimate of drug-likeness (QED) is 0.860. The molecule has 0 radical (unpaired) electrons. The summed E-state index contributed by atoms with van der Waals surface area (Å²) >= 11 is 0. The van der Waals surface area contributed by atoms with Crippen LogP contribution in [0.15, 0.2) is 41.2 Å². The zero-order valence-corrected chi connectivity index (χ0v) is 8.98. The van der Waals surface area contributed by atoms with Gasteiger partial charge in [-0.1, -0.05) is 23.4 Å². The van der Waals surface area contributed by atoms with Crippen molar-refractivity contribution in [3.05, 3.63) is 53.7 Å². The van der Waals surface area contributed by atoms with E-state index in [4.69, 9.17) is 4.52 Å². The summed E-state index contributed by atoms with van der Waals surface area (Å²) in [6, 6.07) is 6.71. The van der Waals surface area contributed by atoms with Crippen molar-refractivity contribution in [3.63, 3.8) is 0 Å². The van der Waals surface area contributed by atoms with Crippen molar-refractivity contribution < 1.29 is 8.91 Å². The lowest BCUT2D eigenvalue weighted by molar-refractivity contribution is 0.418. The third kappa shape index (κ3) is 2.46. The number of hydrogen-bond acceptors (Lipinski definition) is 3. The Morgan fingerprint density at radius 1 is 1.44 bits per heavy atom. The number of nitrogens with zero attached hydrogens (tertiary/aromatic N) is 1. The molecule has 0 saturated heterocycles. The van der Waals surface area contributed by atoms with Gasteiger partial charge in [0.25, 0.3) is 0 Å². The molecule has 3 nitrogen and oxygen atoms in total. The highest BCUT2D eigenvalue weighted by atomic mass is 19.1. The van der Waals surface area contributed by atoms with E-state index in [-0.39, 0.29) is 11.9 Å². The molecule has 0 fully saturated rings. The molecule has 1 N–H and O–H groups in total. The van der Waals surface area contributed by atoms with Crippen LogP contribution in [0.2, 0.25) is 0 Å². The van der Waals surface area contributed by atoms with Crippen molar-refractivity contribution in [2.45, 2.75) is 19.5 Å². The van der Waals surface area contributed by atoms with E-state index in [0.29, 0.717) is 12.1 Å². The first kappa shape index (κ1) is 10.8. The van der Waals surface area contributed by atoms with Crippen LogP contribution >= 0.6 is 0 Å². The molecule has 2 aromatic rings. The first-order valence-corrected chi connectivity index (χ1v) is 5.13. The summed E-state index contributed by atoms with van der Waals surface area (Å²) in [4.78, 5) is 0. The maximum atomic E-state index is 13.4. The lowest BCUT2D eigenvalue weighted by atomic mass is 10.1. The normalized spacial score (nSPS) is 12.6. The van der Waals surface area contributed by atoms with E-state index < -0.39 is 0 Å². The fourth-order valence-corrected chi connectivity index (χ4v) is 1.52. The van der Waals surface area contributed by atoms with Gasteiger partial charge in [0, 0.05) is 23.7 Å². The van der Waals surface area contributed by atoms with Crippen molar-refractivity contribution in [2.24, 2.45) is 0 Å². The highest BCUT2D eigenvalue weighted by Gasteiger charge is 2.09. The molecule has 0 bridgehead atoms. The SMILES string of the molecule is CC(NCc1cnoc1)c1ccccc1F. The molecule has 1 aromatic heterocycles. The first-order chi connectivity index (χ1) is 7.77. The smallest absolute Gasteiger partial charge is 0.128 e. The van der Waals surface area contributed by atoms with Crippen LogP contribution in [-0.4, -0.2) is 5.16 Å². The van der Waals surface area contributed by atoms with E-state index in [1.165, 1.54) is 6.07 Å². The van der Waals surface area contributed by atoms with Crippen molar-refractivity contribution in [1.82, 2.24) is 10.5 Å². The molecule has 0 spiro atoms. The van der Waals surface area contributed by atoms with Crippen LogP contribution in [0.5, 0.6) is 0 Å². The third-order valence-electron chi connectivity index (χ3n) is 2.47. The van der Waals surface area contributed by atoms with Gasteiger partial charge in [0.05, 0.1) is 6.20 Å². The molecule has 0 aliphatic rings. The molecule has 1 aromatic carbocycles. The standard InChI is InChI=1S/C12H13FN2O/c1-9(11-4-2-3-5-12(11)13)14-6-10-7-15-16-8-10/h2-5,7-9,14H,6H2,1H3. The summed E-state index contributed by atoms with van der Waals surface area (Å²) in [6.45, 7) is 2.53. The van der Waals surface area contributed by atoms with E-state index in [1.54, 1.807) is 24.6 Å². The Bertz CT molecular complexity index is 442. The van der Waals surface area contributed by atoms with Gasteiger partial charge in [-0.25, -0.2) is 4.39 Å². The number of aromatic nitrogens is 1. The Labute approximate surface area is 93.3 Å². The molecule has 0 aliphatic heterocycles.